The molecule has 0 fully saturated rings. The van der Waals surface area contributed by atoms with Crippen LogP contribution in [-0.2, 0) is 6.54 Å². The largest absolute Gasteiger partial charge is 0.497 e. The Hall–Kier alpha value is -2.00. The van der Waals surface area contributed by atoms with Gasteiger partial charge in [-0.3, -0.25) is 0 Å². The van der Waals surface area contributed by atoms with E-state index in [9.17, 15) is 0 Å². The molecule has 3 heteroatoms. The number of nitrogens with one attached hydrogen (secondary N) is 1. The Bertz CT molecular complexity index is 518. The lowest BCUT2D eigenvalue weighted by molar-refractivity contribution is 0.392. The summed E-state index contributed by atoms with van der Waals surface area (Å²) in [4.78, 5) is 0. The van der Waals surface area contributed by atoms with Crippen molar-refractivity contribution in [3.63, 3.8) is 0 Å². The van der Waals surface area contributed by atoms with Gasteiger partial charge in [-0.2, -0.15) is 0 Å². The molecular formula is C17H21NO2. The standard InChI is InChI=1S/C17H21NO2/c1-13(15-7-5-4-6-8-15)18-12-14-9-16(19-2)11-17(10-14)20-3/h4-11,13,18H,12H2,1-3H3/t13-/m1/s1. The molecule has 1 N–H and O–H groups in total. The minimum atomic E-state index is 0.299. The third kappa shape index (κ3) is 3.75. The topological polar surface area (TPSA) is 30.5 Å². The van der Waals surface area contributed by atoms with Crippen LogP contribution in [0, 0.1) is 0 Å². The van der Waals surface area contributed by atoms with E-state index >= 15 is 0 Å². The number of ether oxygens (including phenoxy) is 2. The van der Waals surface area contributed by atoms with Crippen molar-refractivity contribution in [2.45, 2.75) is 19.5 Å². The van der Waals surface area contributed by atoms with Crippen LogP contribution in [0.3, 0.4) is 0 Å². The van der Waals surface area contributed by atoms with Crippen LogP contribution in [0.5, 0.6) is 11.5 Å². The molecule has 0 heterocycles. The average Bonchev–Trinajstić information content (AvgIpc) is 2.53. The number of rotatable bonds is 6. The van der Waals surface area contributed by atoms with Gasteiger partial charge in [0.25, 0.3) is 0 Å². The van der Waals surface area contributed by atoms with E-state index in [1.165, 1.54) is 5.56 Å². The van der Waals surface area contributed by atoms with E-state index in [0.717, 1.165) is 23.6 Å². The molecule has 0 aliphatic carbocycles. The lowest BCUT2D eigenvalue weighted by Gasteiger charge is -2.15. The fourth-order valence-corrected chi connectivity index (χ4v) is 2.10. The van der Waals surface area contributed by atoms with Crippen LogP contribution in [0.2, 0.25) is 0 Å². The van der Waals surface area contributed by atoms with Crippen LogP contribution in [0.4, 0.5) is 0 Å². The van der Waals surface area contributed by atoms with Crippen molar-refractivity contribution in [3.05, 3.63) is 59.7 Å². The van der Waals surface area contributed by atoms with Crippen LogP contribution >= 0.6 is 0 Å². The van der Waals surface area contributed by atoms with E-state index < -0.39 is 0 Å². The van der Waals surface area contributed by atoms with Crippen LogP contribution < -0.4 is 14.8 Å². The van der Waals surface area contributed by atoms with Gasteiger partial charge in [0, 0.05) is 18.7 Å². The third-order valence-electron chi connectivity index (χ3n) is 3.32. The van der Waals surface area contributed by atoms with E-state index in [2.05, 4.69) is 36.5 Å². The number of methoxy groups -OCH3 is 2. The van der Waals surface area contributed by atoms with Crippen LogP contribution in [0.1, 0.15) is 24.1 Å². The molecule has 20 heavy (non-hydrogen) atoms. The second kappa shape index (κ2) is 6.96. The lowest BCUT2D eigenvalue weighted by Crippen LogP contribution is -2.18. The Labute approximate surface area is 120 Å². The second-order valence-corrected chi connectivity index (χ2v) is 4.73. The van der Waals surface area contributed by atoms with Crippen LogP contribution in [0.25, 0.3) is 0 Å². The zero-order valence-electron chi connectivity index (χ0n) is 12.2. The molecule has 3 nitrogen and oxygen atoms in total. The predicted octanol–water partition coefficient (Wildman–Crippen LogP) is 3.55. The highest BCUT2D eigenvalue weighted by atomic mass is 16.5. The normalized spacial score (nSPS) is 11.9. The first kappa shape index (κ1) is 14.4. The Morgan fingerprint density at radius 1 is 0.950 bits per heavy atom. The summed E-state index contributed by atoms with van der Waals surface area (Å²) in [5.74, 6) is 1.63. The smallest absolute Gasteiger partial charge is 0.122 e. The molecule has 0 radical (unpaired) electrons. The minimum absolute atomic E-state index is 0.299. The minimum Gasteiger partial charge on any atom is -0.497 e. The van der Waals surface area contributed by atoms with Crippen LogP contribution in [-0.4, -0.2) is 14.2 Å². The van der Waals surface area contributed by atoms with Gasteiger partial charge in [-0.05, 0) is 30.2 Å². The zero-order chi connectivity index (χ0) is 14.4. The summed E-state index contributed by atoms with van der Waals surface area (Å²) in [6, 6.07) is 16.6. The first-order valence-electron chi connectivity index (χ1n) is 6.73. The maximum atomic E-state index is 5.28. The Kier molecular flexibility index (Phi) is 5.02. The average molecular weight is 271 g/mol. The molecule has 2 aromatic carbocycles. The molecule has 0 saturated carbocycles. The van der Waals surface area contributed by atoms with Crippen molar-refractivity contribution >= 4 is 0 Å². The molecule has 0 spiro atoms. The van der Waals surface area contributed by atoms with Crippen molar-refractivity contribution in [1.82, 2.24) is 5.32 Å². The second-order valence-electron chi connectivity index (χ2n) is 4.73. The molecule has 0 aliphatic rings. The van der Waals surface area contributed by atoms with Crippen molar-refractivity contribution in [1.29, 1.82) is 0 Å². The molecule has 0 aromatic heterocycles. The van der Waals surface area contributed by atoms with E-state index in [-0.39, 0.29) is 0 Å². The molecule has 2 rings (SSSR count). The van der Waals surface area contributed by atoms with Gasteiger partial charge in [-0.25, -0.2) is 0 Å². The number of benzene rings is 2. The van der Waals surface area contributed by atoms with Gasteiger partial charge in [0.2, 0.25) is 0 Å². The first-order chi connectivity index (χ1) is 9.72. The molecule has 0 bridgehead atoms. The molecule has 0 unspecified atom stereocenters. The molecule has 1 atom stereocenters. The third-order valence-corrected chi connectivity index (χ3v) is 3.32. The molecular weight excluding hydrogens is 250 g/mol. The molecule has 2 aromatic rings. The predicted molar refractivity (Wildman–Crippen MR) is 81.2 cm³/mol. The molecule has 0 amide bonds. The monoisotopic (exact) mass is 271 g/mol. The highest BCUT2D eigenvalue weighted by molar-refractivity contribution is 5.38. The maximum Gasteiger partial charge on any atom is 0.122 e. The first-order valence-corrected chi connectivity index (χ1v) is 6.73. The van der Waals surface area contributed by atoms with E-state index in [4.69, 9.17) is 9.47 Å². The highest BCUT2D eigenvalue weighted by Gasteiger charge is 2.06. The van der Waals surface area contributed by atoms with Crippen molar-refractivity contribution in [3.8, 4) is 11.5 Å². The Morgan fingerprint density at radius 3 is 2.10 bits per heavy atom. The summed E-state index contributed by atoms with van der Waals surface area (Å²) < 4.78 is 10.6. The lowest BCUT2D eigenvalue weighted by atomic mass is 10.1. The van der Waals surface area contributed by atoms with Gasteiger partial charge in [0.15, 0.2) is 0 Å². The van der Waals surface area contributed by atoms with Gasteiger partial charge in [-0.15, -0.1) is 0 Å². The van der Waals surface area contributed by atoms with Crippen LogP contribution in [0.15, 0.2) is 48.5 Å². The maximum absolute atomic E-state index is 5.28. The fraction of sp³-hybridized carbons (Fsp3) is 0.294. The fourth-order valence-electron chi connectivity index (χ4n) is 2.10. The van der Waals surface area contributed by atoms with Gasteiger partial charge < -0.3 is 14.8 Å². The van der Waals surface area contributed by atoms with Crippen molar-refractivity contribution < 1.29 is 9.47 Å². The van der Waals surface area contributed by atoms with Crippen molar-refractivity contribution in [2.75, 3.05) is 14.2 Å². The number of hydrogen-bond donors (Lipinski definition) is 1. The van der Waals surface area contributed by atoms with Crippen molar-refractivity contribution in [2.24, 2.45) is 0 Å². The summed E-state index contributed by atoms with van der Waals surface area (Å²) in [7, 11) is 3.33. The number of hydrogen-bond acceptors (Lipinski definition) is 3. The van der Waals surface area contributed by atoms with E-state index in [1.54, 1.807) is 14.2 Å². The van der Waals surface area contributed by atoms with Gasteiger partial charge >= 0.3 is 0 Å². The molecule has 0 saturated heterocycles. The Balaban J connectivity index is 2.03. The zero-order valence-corrected chi connectivity index (χ0v) is 12.2. The highest BCUT2D eigenvalue weighted by Crippen LogP contribution is 2.23. The SMILES string of the molecule is COc1cc(CN[C@H](C)c2ccccc2)cc(OC)c1. The van der Waals surface area contributed by atoms with Gasteiger partial charge in [-0.1, -0.05) is 30.3 Å². The molecule has 106 valence electrons. The van der Waals surface area contributed by atoms with Gasteiger partial charge in [0.05, 0.1) is 14.2 Å². The van der Waals surface area contributed by atoms with Gasteiger partial charge in [0.1, 0.15) is 11.5 Å². The Morgan fingerprint density at radius 2 is 1.55 bits per heavy atom. The van der Waals surface area contributed by atoms with E-state index in [1.807, 2.05) is 24.3 Å². The quantitative estimate of drug-likeness (QED) is 0.871. The summed E-state index contributed by atoms with van der Waals surface area (Å²) in [5.41, 5.74) is 2.42. The summed E-state index contributed by atoms with van der Waals surface area (Å²) >= 11 is 0. The summed E-state index contributed by atoms with van der Waals surface area (Å²) in [6.07, 6.45) is 0. The molecule has 0 aliphatic heterocycles. The van der Waals surface area contributed by atoms with E-state index in [0.29, 0.717) is 6.04 Å². The summed E-state index contributed by atoms with van der Waals surface area (Å²) in [6.45, 7) is 2.93. The summed E-state index contributed by atoms with van der Waals surface area (Å²) in [5, 5.41) is 3.51.